The zero-order valence-corrected chi connectivity index (χ0v) is 17.1. The summed E-state index contributed by atoms with van der Waals surface area (Å²) in [6.45, 7) is 4.75. The number of aliphatic imine (C=N–C) groups is 1. The number of ether oxygens (including phenoxy) is 1. The van der Waals surface area contributed by atoms with Crippen molar-refractivity contribution in [2.45, 2.75) is 45.4 Å². The molecule has 2 heterocycles. The normalized spacial score (nSPS) is 20.1. The van der Waals surface area contributed by atoms with Gasteiger partial charge in [0.25, 0.3) is 0 Å². The molecule has 2 aromatic rings. The SMILES string of the molecule is CN=Cc1ccc(O[C@@H]2C[C@H](C)N(Cc3sc(CC(C)=O)nc3F)C2)cc1N. The molecule has 6 nitrogen and oxygen atoms in total. The van der Waals surface area contributed by atoms with Crippen molar-refractivity contribution < 1.29 is 13.9 Å². The first-order valence-corrected chi connectivity index (χ1v) is 10.0. The highest BCUT2D eigenvalue weighted by molar-refractivity contribution is 7.11. The molecule has 1 fully saturated rings. The molecule has 1 aromatic carbocycles. The van der Waals surface area contributed by atoms with E-state index in [4.69, 9.17) is 10.5 Å². The van der Waals surface area contributed by atoms with Gasteiger partial charge in [-0.05, 0) is 26.0 Å². The van der Waals surface area contributed by atoms with Gasteiger partial charge in [0.15, 0.2) is 0 Å². The van der Waals surface area contributed by atoms with E-state index in [0.29, 0.717) is 28.7 Å². The fourth-order valence-corrected chi connectivity index (χ4v) is 4.42. The Morgan fingerprint density at radius 3 is 3.00 bits per heavy atom. The first kappa shape index (κ1) is 20.4. The molecule has 8 heteroatoms. The minimum atomic E-state index is -0.473. The van der Waals surface area contributed by atoms with Crippen LogP contribution in [0.1, 0.15) is 35.7 Å². The molecule has 0 aliphatic carbocycles. The summed E-state index contributed by atoms with van der Waals surface area (Å²) in [4.78, 5) is 21.8. The third kappa shape index (κ3) is 4.94. The number of anilines is 1. The highest BCUT2D eigenvalue weighted by atomic mass is 32.1. The van der Waals surface area contributed by atoms with Crippen LogP contribution in [0.15, 0.2) is 23.2 Å². The number of hydrogen-bond acceptors (Lipinski definition) is 7. The van der Waals surface area contributed by atoms with Crippen LogP contribution < -0.4 is 10.5 Å². The van der Waals surface area contributed by atoms with E-state index in [1.165, 1.54) is 18.3 Å². The van der Waals surface area contributed by atoms with Crippen LogP contribution in [0.2, 0.25) is 0 Å². The molecular weight excluding hydrogens is 379 g/mol. The number of aromatic nitrogens is 1. The van der Waals surface area contributed by atoms with Crippen LogP contribution in [0.5, 0.6) is 5.75 Å². The molecule has 150 valence electrons. The summed E-state index contributed by atoms with van der Waals surface area (Å²) >= 11 is 1.27. The number of ketones is 1. The number of benzene rings is 1. The molecule has 0 unspecified atom stereocenters. The number of hydrogen-bond donors (Lipinski definition) is 1. The maximum atomic E-state index is 14.1. The van der Waals surface area contributed by atoms with Gasteiger partial charge in [-0.25, -0.2) is 4.98 Å². The third-order valence-corrected chi connectivity index (χ3v) is 5.75. The molecule has 2 N–H and O–H groups in total. The van der Waals surface area contributed by atoms with E-state index < -0.39 is 5.95 Å². The molecule has 28 heavy (non-hydrogen) atoms. The van der Waals surface area contributed by atoms with Crippen molar-refractivity contribution in [3.05, 3.63) is 39.6 Å². The summed E-state index contributed by atoms with van der Waals surface area (Å²) in [6, 6.07) is 5.84. The van der Waals surface area contributed by atoms with E-state index in [0.717, 1.165) is 17.7 Å². The number of likely N-dealkylation sites (tertiary alicyclic amines) is 1. The van der Waals surface area contributed by atoms with Gasteiger partial charge in [0.1, 0.15) is 22.6 Å². The molecule has 1 saturated heterocycles. The minimum absolute atomic E-state index is 0.00719. The van der Waals surface area contributed by atoms with Gasteiger partial charge >= 0.3 is 0 Å². The molecular formula is C20H25FN4O2S. The fourth-order valence-electron chi connectivity index (χ4n) is 3.38. The summed E-state index contributed by atoms with van der Waals surface area (Å²) in [6.07, 6.45) is 2.75. The Kier molecular flexibility index (Phi) is 6.41. The van der Waals surface area contributed by atoms with Gasteiger partial charge in [-0.15, -0.1) is 11.3 Å². The summed E-state index contributed by atoms with van der Waals surface area (Å²) in [7, 11) is 1.70. The predicted molar refractivity (Wildman–Crippen MR) is 110 cm³/mol. The minimum Gasteiger partial charge on any atom is -0.489 e. The van der Waals surface area contributed by atoms with Crippen LogP contribution in [0, 0.1) is 5.95 Å². The van der Waals surface area contributed by atoms with Crippen molar-refractivity contribution in [1.82, 2.24) is 9.88 Å². The second-order valence-corrected chi connectivity index (χ2v) is 8.30. The van der Waals surface area contributed by atoms with Crippen LogP contribution in [0.3, 0.4) is 0 Å². The van der Waals surface area contributed by atoms with Gasteiger partial charge in [-0.1, -0.05) is 0 Å². The van der Waals surface area contributed by atoms with E-state index in [9.17, 15) is 9.18 Å². The molecule has 1 aliphatic heterocycles. The third-order valence-electron chi connectivity index (χ3n) is 4.74. The number of thiazole rings is 1. The Morgan fingerprint density at radius 2 is 2.32 bits per heavy atom. The van der Waals surface area contributed by atoms with Crippen molar-refractivity contribution in [2.24, 2.45) is 4.99 Å². The predicted octanol–water partition coefficient (Wildman–Crippen LogP) is 3.09. The Labute approximate surface area is 168 Å². The molecule has 1 aliphatic rings. The summed E-state index contributed by atoms with van der Waals surface area (Å²) in [5.74, 6) is 0.232. The smallest absolute Gasteiger partial charge is 0.228 e. The fraction of sp³-hybridized carbons (Fsp3) is 0.450. The zero-order valence-electron chi connectivity index (χ0n) is 16.3. The standard InChI is InChI=1S/C20H25FN4O2S/c1-12-6-16(27-15-5-4-14(9-23-3)17(22)8-15)10-25(12)11-18-20(21)24-19(28-18)7-13(2)26/h4-5,8-9,12,16H,6-7,10-11,22H2,1-3H3/t12-,16+/m0/s1. The van der Waals surface area contributed by atoms with Gasteiger partial charge < -0.3 is 10.5 Å². The summed E-state index contributed by atoms with van der Waals surface area (Å²) in [5.41, 5.74) is 7.52. The van der Waals surface area contributed by atoms with Crippen molar-refractivity contribution in [1.29, 1.82) is 0 Å². The second kappa shape index (κ2) is 8.79. The quantitative estimate of drug-likeness (QED) is 0.567. The number of carbonyl (C=O) groups excluding carboxylic acids is 1. The Morgan fingerprint density at radius 1 is 1.54 bits per heavy atom. The van der Waals surface area contributed by atoms with Gasteiger partial charge in [-0.3, -0.25) is 14.7 Å². The summed E-state index contributed by atoms with van der Waals surface area (Å²) in [5, 5.41) is 0.533. The van der Waals surface area contributed by atoms with Crippen LogP contribution in [-0.4, -0.2) is 47.6 Å². The Hall–Kier alpha value is -2.32. The molecule has 1 aromatic heterocycles. The highest BCUT2D eigenvalue weighted by Crippen LogP contribution is 2.28. The first-order valence-electron chi connectivity index (χ1n) is 9.21. The number of nitrogen functional groups attached to an aromatic ring is 1. The van der Waals surface area contributed by atoms with E-state index >= 15 is 0 Å². The second-order valence-electron chi connectivity index (χ2n) is 7.13. The van der Waals surface area contributed by atoms with E-state index in [2.05, 4.69) is 21.8 Å². The first-order chi connectivity index (χ1) is 13.4. The topological polar surface area (TPSA) is 80.8 Å². The molecule has 3 rings (SSSR count). The Balaban J connectivity index is 1.62. The number of Topliss-reactive ketones (excluding diaryl/α,β-unsaturated/α-hetero) is 1. The lowest BCUT2D eigenvalue weighted by molar-refractivity contribution is -0.116. The van der Waals surface area contributed by atoms with E-state index in [1.54, 1.807) is 19.3 Å². The Bertz CT molecular complexity index is 883. The van der Waals surface area contributed by atoms with Gasteiger partial charge in [0.2, 0.25) is 5.95 Å². The molecule has 0 saturated carbocycles. The van der Waals surface area contributed by atoms with Crippen LogP contribution in [0.4, 0.5) is 10.1 Å². The highest BCUT2D eigenvalue weighted by Gasteiger charge is 2.31. The number of rotatable bonds is 7. The lowest BCUT2D eigenvalue weighted by atomic mass is 10.2. The van der Waals surface area contributed by atoms with Gasteiger partial charge in [0.05, 0.1) is 11.3 Å². The van der Waals surface area contributed by atoms with Crippen LogP contribution >= 0.6 is 11.3 Å². The lowest BCUT2D eigenvalue weighted by Crippen LogP contribution is -2.28. The number of nitrogens with zero attached hydrogens (tertiary/aromatic N) is 3. The monoisotopic (exact) mass is 404 g/mol. The van der Waals surface area contributed by atoms with Crippen LogP contribution in [-0.2, 0) is 17.8 Å². The van der Waals surface area contributed by atoms with Crippen molar-refractivity contribution in [3.63, 3.8) is 0 Å². The van der Waals surface area contributed by atoms with Gasteiger partial charge in [-0.2, -0.15) is 4.39 Å². The zero-order chi connectivity index (χ0) is 20.3. The lowest BCUT2D eigenvalue weighted by Gasteiger charge is -2.19. The average molecular weight is 405 g/mol. The van der Waals surface area contributed by atoms with Crippen molar-refractivity contribution >= 4 is 29.0 Å². The largest absolute Gasteiger partial charge is 0.489 e. The molecule has 0 radical (unpaired) electrons. The molecule has 0 amide bonds. The number of carbonyl (C=O) groups is 1. The number of halogens is 1. The van der Waals surface area contributed by atoms with E-state index in [-0.39, 0.29) is 24.3 Å². The average Bonchev–Trinajstić information content (AvgIpc) is 3.12. The molecule has 0 spiro atoms. The maximum Gasteiger partial charge on any atom is 0.228 e. The maximum absolute atomic E-state index is 14.1. The van der Waals surface area contributed by atoms with Crippen molar-refractivity contribution in [2.75, 3.05) is 19.3 Å². The number of nitrogens with two attached hydrogens (primary N) is 1. The molecule has 0 bridgehead atoms. The summed E-state index contributed by atoms with van der Waals surface area (Å²) < 4.78 is 20.2. The van der Waals surface area contributed by atoms with Crippen molar-refractivity contribution in [3.8, 4) is 5.75 Å². The van der Waals surface area contributed by atoms with Crippen LogP contribution in [0.25, 0.3) is 0 Å². The van der Waals surface area contributed by atoms with E-state index in [1.807, 2.05) is 12.1 Å². The van der Waals surface area contributed by atoms with Gasteiger partial charge in [0, 0.05) is 56.1 Å². The molecule has 2 atom stereocenters.